The molecule has 0 fully saturated rings. The Morgan fingerprint density at radius 3 is 2.57 bits per heavy atom. The third-order valence-electron chi connectivity index (χ3n) is 4.15. The number of aromatic nitrogens is 2. The number of nitrogens with one attached hydrogen (secondary N) is 1. The molecule has 0 atom stereocenters. The predicted molar refractivity (Wildman–Crippen MR) is 125 cm³/mol. The zero-order valence-corrected chi connectivity index (χ0v) is 19.3. The van der Waals surface area contributed by atoms with Gasteiger partial charge in [-0.3, -0.25) is 9.52 Å². The van der Waals surface area contributed by atoms with Crippen LogP contribution in [0.1, 0.15) is 16.2 Å². The van der Waals surface area contributed by atoms with Crippen LogP contribution in [0.4, 0.5) is 5.69 Å². The molecule has 4 rings (SSSR count). The smallest absolute Gasteiger partial charge is 0.229 e. The molecule has 0 unspecified atom stereocenters. The van der Waals surface area contributed by atoms with Crippen LogP contribution in [-0.2, 0) is 10.0 Å². The molecular weight excluding hydrogens is 459 g/mol. The number of aryl methyl sites for hydroxylation is 1. The summed E-state index contributed by atoms with van der Waals surface area (Å²) in [5.41, 5.74) is 2.04. The number of Topliss-reactive ketones (excluding diaryl/α,β-unsaturated/α-hetero) is 1. The van der Waals surface area contributed by atoms with Crippen molar-refractivity contribution >= 4 is 66.1 Å². The molecule has 0 aliphatic carbocycles. The molecule has 1 N–H and O–H groups in total. The molecule has 10 heteroatoms. The first-order chi connectivity index (χ1) is 14.3. The number of rotatable bonds is 7. The standard InChI is InChI=1S/C20H17N3O3S4/c1-12-21-19-18(15(10-28-19)17-4-3-9-27-17)20(22-12)29-11-16(24)13-5-7-14(8-6-13)23-30(2,25)26/h3-10,23H,11H2,1-2H3. The Morgan fingerprint density at radius 2 is 1.90 bits per heavy atom. The van der Waals surface area contributed by atoms with Gasteiger partial charge in [-0.05, 0) is 42.6 Å². The van der Waals surface area contributed by atoms with Crippen molar-refractivity contribution in [2.24, 2.45) is 0 Å². The number of hydrogen-bond acceptors (Lipinski definition) is 8. The van der Waals surface area contributed by atoms with Crippen molar-refractivity contribution in [1.82, 2.24) is 9.97 Å². The molecule has 0 spiro atoms. The molecule has 30 heavy (non-hydrogen) atoms. The molecule has 0 aliphatic rings. The van der Waals surface area contributed by atoms with Crippen LogP contribution in [0.15, 0.2) is 52.2 Å². The summed E-state index contributed by atoms with van der Waals surface area (Å²) in [6.07, 6.45) is 1.09. The number of carbonyl (C=O) groups is 1. The highest BCUT2D eigenvalue weighted by molar-refractivity contribution is 8.00. The van der Waals surface area contributed by atoms with E-state index in [-0.39, 0.29) is 11.5 Å². The van der Waals surface area contributed by atoms with Crippen molar-refractivity contribution in [3.8, 4) is 10.4 Å². The molecule has 0 aliphatic heterocycles. The van der Waals surface area contributed by atoms with E-state index in [4.69, 9.17) is 0 Å². The molecule has 154 valence electrons. The number of carbonyl (C=O) groups excluding carboxylic acids is 1. The molecule has 1 aromatic carbocycles. The lowest BCUT2D eigenvalue weighted by molar-refractivity contribution is 0.102. The maximum atomic E-state index is 12.7. The average molecular weight is 476 g/mol. The number of fused-ring (bicyclic) bond motifs is 1. The van der Waals surface area contributed by atoms with Gasteiger partial charge in [0.15, 0.2) is 5.78 Å². The number of sulfonamides is 1. The number of hydrogen-bond donors (Lipinski definition) is 1. The summed E-state index contributed by atoms with van der Waals surface area (Å²) < 4.78 is 25.0. The number of thiophene rings is 2. The van der Waals surface area contributed by atoms with Crippen molar-refractivity contribution in [3.05, 3.63) is 58.5 Å². The van der Waals surface area contributed by atoms with Crippen LogP contribution in [0.25, 0.3) is 20.7 Å². The molecule has 0 amide bonds. The largest absolute Gasteiger partial charge is 0.293 e. The van der Waals surface area contributed by atoms with E-state index in [0.29, 0.717) is 17.1 Å². The zero-order valence-electron chi connectivity index (χ0n) is 16.1. The Kier molecular flexibility index (Phi) is 5.92. The lowest BCUT2D eigenvalue weighted by Gasteiger charge is -2.07. The van der Waals surface area contributed by atoms with Crippen LogP contribution in [0.5, 0.6) is 0 Å². The van der Waals surface area contributed by atoms with E-state index in [1.807, 2.05) is 18.4 Å². The molecular formula is C20H17N3O3S4. The minimum absolute atomic E-state index is 0.0526. The van der Waals surface area contributed by atoms with Gasteiger partial charge in [-0.15, -0.1) is 22.7 Å². The third-order valence-corrected chi connectivity index (χ3v) is 7.51. The minimum Gasteiger partial charge on any atom is -0.293 e. The maximum Gasteiger partial charge on any atom is 0.229 e. The predicted octanol–water partition coefficient (Wildman–Crippen LogP) is 5.07. The van der Waals surface area contributed by atoms with Gasteiger partial charge >= 0.3 is 0 Å². The van der Waals surface area contributed by atoms with Crippen LogP contribution >= 0.6 is 34.4 Å². The second-order valence-electron chi connectivity index (χ2n) is 6.55. The van der Waals surface area contributed by atoms with Crippen molar-refractivity contribution in [3.63, 3.8) is 0 Å². The van der Waals surface area contributed by atoms with Crippen LogP contribution < -0.4 is 4.72 Å². The lowest BCUT2D eigenvalue weighted by Crippen LogP contribution is -2.10. The van der Waals surface area contributed by atoms with E-state index in [1.165, 1.54) is 11.8 Å². The van der Waals surface area contributed by atoms with Crippen LogP contribution in [0.3, 0.4) is 0 Å². The SMILES string of the molecule is Cc1nc(SCC(=O)c2ccc(NS(C)(=O)=O)cc2)c2c(-c3cccs3)csc2n1. The first-order valence-corrected chi connectivity index (χ1v) is 13.5. The monoisotopic (exact) mass is 475 g/mol. The average Bonchev–Trinajstić information content (AvgIpc) is 3.34. The summed E-state index contributed by atoms with van der Waals surface area (Å²) in [5, 5.41) is 5.90. The number of benzene rings is 1. The number of thioether (sulfide) groups is 1. The summed E-state index contributed by atoms with van der Waals surface area (Å²) in [7, 11) is -3.35. The Bertz CT molecular complexity index is 1310. The quantitative estimate of drug-likeness (QED) is 0.228. The normalized spacial score (nSPS) is 11.7. The van der Waals surface area contributed by atoms with Crippen molar-refractivity contribution < 1.29 is 13.2 Å². The second kappa shape index (κ2) is 8.46. The summed E-state index contributed by atoms with van der Waals surface area (Å²) in [6, 6.07) is 10.5. The topological polar surface area (TPSA) is 89.0 Å². The van der Waals surface area contributed by atoms with Crippen molar-refractivity contribution in [2.75, 3.05) is 16.7 Å². The molecule has 0 radical (unpaired) electrons. The Morgan fingerprint density at radius 1 is 1.13 bits per heavy atom. The van der Waals surface area contributed by atoms with Gasteiger partial charge in [-0.2, -0.15) is 0 Å². The fraction of sp³-hybridized carbons (Fsp3) is 0.150. The number of ketones is 1. The van der Waals surface area contributed by atoms with E-state index in [2.05, 4.69) is 26.1 Å². The van der Waals surface area contributed by atoms with Gasteiger partial charge in [0, 0.05) is 27.1 Å². The highest BCUT2D eigenvalue weighted by atomic mass is 32.2. The first kappa shape index (κ1) is 21.0. The Balaban J connectivity index is 1.56. The molecule has 3 aromatic heterocycles. The fourth-order valence-electron chi connectivity index (χ4n) is 2.88. The molecule has 0 saturated heterocycles. The van der Waals surface area contributed by atoms with Crippen LogP contribution in [0, 0.1) is 6.92 Å². The van der Waals surface area contributed by atoms with Gasteiger partial charge in [0.1, 0.15) is 15.7 Å². The van der Waals surface area contributed by atoms with Gasteiger partial charge in [0.05, 0.1) is 17.4 Å². The first-order valence-electron chi connectivity index (χ1n) is 8.84. The Labute approximate surface area is 186 Å². The molecule has 4 aromatic rings. The Hall–Kier alpha value is -2.27. The highest BCUT2D eigenvalue weighted by Crippen LogP contribution is 2.40. The van der Waals surface area contributed by atoms with Gasteiger partial charge in [0.25, 0.3) is 0 Å². The second-order valence-corrected chi connectivity index (χ2v) is 11.1. The van der Waals surface area contributed by atoms with E-state index in [9.17, 15) is 13.2 Å². The summed E-state index contributed by atoms with van der Waals surface area (Å²) in [5.74, 6) is 0.848. The van der Waals surface area contributed by atoms with E-state index in [0.717, 1.165) is 31.9 Å². The molecule has 0 bridgehead atoms. The van der Waals surface area contributed by atoms with Crippen molar-refractivity contribution in [1.29, 1.82) is 0 Å². The van der Waals surface area contributed by atoms with E-state index in [1.54, 1.807) is 46.9 Å². The summed E-state index contributed by atoms with van der Waals surface area (Å²) >= 11 is 4.64. The lowest BCUT2D eigenvalue weighted by atomic mass is 10.1. The summed E-state index contributed by atoms with van der Waals surface area (Å²) in [4.78, 5) is 23.9. The van der Waals surface area contributed by atoms with Crippen LogP contribution in [0.2, 0.25) is 0 Å². The molecule has 6 nitrogen and oxygen atoms in total. The van der Waals surface area contributed by atoms with E-state index >= 15 is 0 Å². The van der Waals surface area contributed by atoms with Crippen LogP contribution in [-0.4, -0.2) is 36.2 Å². The minimum atomic E-state index is -3.35. The van der Waals surface area contributed by atoms with Gasteiger partial charge in [-0.25, -0.2) is 18.4 Å². The van der Waals surface area contributed by atoms with Gasteiger partial charge < -0.3 is 0 Å². The van der Waals surface area contributed by atoms with Gasteiger partial charge in [0.2, 0.25) is 10.0 Å². The van der Waals surface area contributed by atoms with Crippen molar-refractivity contribution in [2.45, 2.75) is 11.9 Å². The zero-order chi connectivity index (χ0) is 21.3. The number of nitrogens with zero attached hydrogens (tertiary/aromatic N) is 2. The van der Waals surface area contributed by atoms with E-state index < -0.39 is 10.0 Å². The molecule has 3 heterocycles. The molecule has 0 saturated carbocycles. The summed E-state index contributed by atoms with van der Waals surface area (Å²) in [6.45, 7) is 1.85. The maximum absolute atomic E-state index is 12.7. The number of anilines is 1. The van der Waals surface area contributed by atoms with Gasteiger partial charge in [-0.1, -0.05) is 17.8 Å². The third kappa shape index (κ3) is 4.72. The fourth-order valence-corrected chi connectivity index (χ4v) is 6.30. The highest BCUT2D eigenvalue weighted by Gasteiger charge is 2.17.